The summed E-state index contributed by atoms with van der Waals surface area (Å²) in [7, 11) is 1.37. The normalized spacial score (nSPS) is 10.5. The molecule has 0 aliphatic carbocycles. The van der Waals surface area contributed by atoms with Gasteiger partial charge >= 0.3 is 5.97 Å². The summed E-state index contributed by atoms with van der Waals surface area (Å²) in [5.74, 6) is -0.348. The molecule has 0 saturated heterocycles. The third-order valence-corrected chi connectivity index (χ3v) is 2.57. The molecule has 0 amide bonds. The Hall–Kier alpha value is -2.08. The Kier molecular flexibility index (Phi) is 4.14. The van der Waals surface area contributed by atoms with Crippen LogP contribution in [0.4, 0.5) is 0 Å². The van der Waals surface area contributed by atoms with Crippen LogP contribution in [0.3, 0.4) is 0 Å². The molecule has 2 heterocycles. The van der Waals surface area contributed by atoms with E-state index in [9.17, 15) is 4.79 Å². The molecule has 0 bridgehead atoms. The summed E-state index contributed by atoms with van der Waals surface area (Å²) < 4.78 is 6.62. The van der Waals surface area contributed by atoms with E-state index in [1.807, 2.05) is 16.8 Å². The molecule has 2 rings (SSSR count). The zero-order valence-electron chi connectivity index (χ0n) is 10.2. The molecule has 6 nitrogen and oxygen atoms in total. The lowest BCUT2D eigenvalue weighted by Crippen LogP contribution is -2.19. The van der Waals surface area contributed by atoms with Crippen molar-refractivity contribution in [1.82, 2.24) is 19.9 Å². The molecule has 2 N–H and O–H groups in total. The Labute approximate surface area is 105 Å². The van der Waals surface area contributed by atoms with Crippen molar-refractivity contribution in [2.45, 2.75) is 13.1 Å². The number of H-pyrrole nitrogens is 1. The number of aromatic nitrogens is 3. The molecule has 96 valence electrons. The summed E-state index contributed by atoms with van der Waals surface area (Å²) in [6.07, 6.45) is 5.46. The molecular weight excluding hydrogens is 232 g/mol. The van der Waals surface area contributed by atoms with E-state index in [0.29, 0.717) is 12.2 Å². The molecule has 0 aliphatic heterocycles. The maximum atomic E-state index is 11.2. The average Bonchev–Trinajstić information content (AvgIpc) is 3.05. The standard InChI is InChI=1S/C12H16N4O2/c1-18-12(17)11-3-2-10(15-11)8-13-4-6-16-7-5-14-9-16/h2-3,5,7,9,13,15H,4,6,8H2,1H3. The number of methoxy groups -OCH3 is 1. The van der Waals surface area contributed by atoms with Crippen molar-refractivity contribution in [1.29, 1.82) is 0 Å². The van der Waals surface area contributed by atoms with Crippen LogP contribution in [0.5, 0.6) is 0 Å². The van der Waals surface area contributed by atoms with Crippen molar-refractivity contribution < 1.29 is 9.53 Å². The van der Waals surface area contributed by atoms with Crippen LogP contribution in [-0.2, 0) is 17.8 Å². The van der Waals surface area contributed by atoms with Crippen molar-refractivity contribution in [3.63, 3.8) is 0 Å². The Balaban J connectivity index is 1.73. The number of esters is 1. The van der Waals surface area contributed by atoms with Gasteiger partial charge in [-0.1, -0.05) is 0 Å². The summed E-state index contributed by atoms with van der Waals surface area (Å²) in [4.78, 5) is 18.2. The van der Waals surface area contributed by atoms with Crippen LogP contribution in [-0.4, -0.2) is 34.2 Å². The number of carbonyl (C=O) groups is 1. The first-order valence-electron chi connectivity index (χ1n) is 5.72. The molecule has 0 fully saturated rings. The second-order valence-electron chi connectivity index (χ2n) is 3.87. The fourth-order valence-electron chi connectivity index (χ4n) is 1.62. The Morgan fingerprint density at radius 3 is 3.17 bits per heavy atom. The van der Waals surface area contributed by atoms with E-state index < -0.39 is 0 Å². The van der Waals surface area contributed by atoms with Crippen molar-refractivity contribution in [2.24, 2.45) is 0 Å². The van der Waals surface area contributed by atoms with Gasteiger partial charge in [0.2, 0.25) is 0 Å². The van der Waals surface area contributed by atoms with Gasteiger partial charge in [0.25, 0.3) is 0 Å². The lowest BCUT2D eigenvalue weighted by molar-refractivity contribution is 0.0594. The van der Waals surface area contributed by atoms with E-state index in [1.54, 1.807) is 18.6 Å². The van der Waals surface area contributed by atoms with Crippen LogP contribution in [0, 0.1) is 0 Å². The largest absolute Gasteiger partial charge is 0.464 e. The number of nitrogens with one attached hydrogen (secondary N) is 2. The first-order valence-corrected chi connectivity index (χ1v) is 5.72. The molecule has 18 heavy (non-hydrogen) atoms. The summed E-state index contributed by atoms with van der Waals surface area (Å²) >= 11 is 0. The molecule has 2 aromatic rings. The molecule has 2 aromatic heterocycles. The summed E-state index contributed by atoms with van der Waals surface area (Å²) in [5, 5.41) is 3.28. The number of rotatable bonds is 6. The fourth-order valence-corrected chi connectivity index (χ4v) is 1.62. The van der Waals surface area contributed by atoms with Crippen LogP contribution in [0.15, 0.2) is 30.9 Å². The van der Waals surface area contributed by atoms with Crippen molar-refractivity contribution in [2.75, 3.05) is 13.7 Å². The third kappa shape index (κ3) is 3.21. The van der Waals surface area contributed by atoms with Gasteiger partial charge in [-0.15, -0.1) is 0 Å². The van der Waals surface area contributed by atoms with Gasteiger partial charge in [-0.2, -0.15) is 0 Å². The molecule has 0 spiro atoms. The van der Waals surface area contributed by atoms with Gasteiger partial charge in [0.1, 0.15) is 5.69 Å². The number of imidazole rings is 1. The number of carbonyl (C=O) groups excluding carboxylic acids is 1. The number of hydrogen-bond acceptors (Lipinski definition) is 4. The number of nitrogens with zero attached hydrogens (tertiary/aromatic N) is 2. The predicted octanol–water partition coefficient (Wildman–Crippen LogP) is 0.788. The minimum atomic E-state index is -0.348. The SMILES string of the molecule is COC(=O)c1ccc(CNCCn2ccnc2)[nH]1. The molecule has 0 aliphatic rings. The molecule has 0 saturated carbocycles. The highest BCUT2D eigenvalue weighted by Gasteiger charge is 2.07. The van der Waals surface area contributed by atoms with Crippen LogP contribution in [0.1, 0.15) is 16.2 Å². The first kappa shape index (κ1) is 12.4. The number of aromatic amines is 1. The van der Waals surface area contributed by atoms with E-state index in [2.05, 4.69) is 20.0 Å². The maximum absolute atomic E-state index is 11.2. The fraction of sp³-hybridized carbons (Fsp3) is 0.333. The summed E-state index contributed by atoms with van der Waals surface area (Å²) in [6, 6.07) is 3.59. The predicted molar refractivity (Wildman–Crippen MR) is 66.1 cm³/mol. The van der Waals surface area contributed by atoms with Gasteiger partial charge in [-0.05, 0) is 12.1 Å². The smallest absolute Gasteiger partial charge is 0.354 e. The van der Waals surface area contributed by atoms with Crippen LogP contribution in [0.2, 0.25) is 0 Å². The third-order valence-electron chi connectivity index (χ3n) is 2.57. The zero-order chi connectivity index (χ0) is 12.8. The molecular formula is C12H16N4O2. The van der Waals surface area contributed by atoms with E-state index >= 15 is 0 Å². The van der Waals surface area contributed by atoms with Crippen molar-refractivity contribution in [3.05, 3.63) is 42.2 Å². The van der Waals surface area contributed by atoms with E-state index in [1.165, 1.54) is 7.11 Å². The Morgan fingerprint density at radius 1 is 1.56 bits per heavy atom. The number of hydrogen-bond donors (Lipinski definition) is 2. The van der Waals surface area contributed by atoms with Gasteiger partial charge in [0.05, 0.1) is 13.4 Å². The average molecular weight is 248 g/mol. The van der Waals surface area contributed by atoms with E-state index in [4.69, 9.17) is 0 Å². The second-order valence-corrected chi connectivity index (χ2v) is 3.87. The van der Waals surface area contributed by atoms with Crippen LogP contribution >= 0.6 is 0 Å². The van der Waals surface area contributed by atoms with Crippen molar-refractivity contribution >= 4 is 5.97 Å². The highest BCUT2D eigenvalue weighted by Crippen LogP contribution is 2.02. The van der Waals surface area contributed by atoms with Gasteiger partial charge in [-0.3, -0.25) is 0 Å². The molecule has 0 unspecified atom stereocenters. The van der Waals surface area contributed by atoms with Crippen LogP contribution in [0.25, 0.3) is 0 Å². The van der Waals surface area contributed by atoms with Gasteiger partial charge in [0, 0.05) is 37.7 Å². The Morgan fingerprint density at radius 2 is 2.44 bits per heavy atom. The van der Waals surface area contributed by atoms with Gasteiger partial charge in [0.15, 0.2) is 0 Å². The quantitative estimate of drug-likeness (QED) is 0.585. The lowest BCUT2D eigenvalue weighted by Gasteiger charge is -2.04. The topological polar surface area (TPSA) is 71.9 Å². The monoisotopic (exact) mass is 248 g/mol. The second kappa shape index (κ2) is 6.02. The van der Waals surface area contributed by atoms with Crippen LogP contribution < -0.4 is 5.32 Å². The first-order chi connectivity index (χ1) is 8.79. The van der Waals surface area contributed by atoms with E-state index in [-0.39, 0.29) is 5.97 Å². The van der Waals surface area contributed by atoms with Gasteiger partial charge in [-0.25, -0.2) is 9.78 Å². The molecule has 0 atom stereocenters. The summed E-state index contributed by atoms with van der Waals surface area (Å²) in [6.45, 7) is 2.39. The minimum absolute atomic E-state index is 0.348. The van der Waals surface area contributed by atoms with Gasteiger partial charge < -0.3 is 19.6 Å². The zero-order valence-corrected chi connectivity index (χ0v) is 10.2. The lowest BCUT2D eigenvalue weighted by atomic mass is 10.4. The highest BCUT2D eigenvalue weighted by molar-refractivity contribution is 5.87. The Bertz CT molecular complexity index is 490. The highest BCUT2D eigenvalue weighted by atomic mass is 16.5. The minimum Gasteiger partial charge on any atom is -0.464 e. The maximum Gasteiger partial charge on any atom is 0.354 e. The van der Waals surface area contributed by atoms with E-state index in [0.717, 1.165) is 18.8 Å². The molecule has 6 heteroatoms. The molecule has 0 radical (unpaired) electrons. The number of ether oxygens (including phenoxy) is 1. The molecule has 0 aromatic carbocycles. The summed E-state index contributed by atoms with van der Waals surface area (Å²) in [5.41, 5.74) is 1.44. The van der Waals surface area contributed by atoms with Crippen molar-refractivity contribution in [3.8, 4) is 0 Å².